The third kappa shape index (κ3) is 2.35. The van der Waals surface area contributed by atoms with Crippen LogP contribution >= 0.6 is 0 Å². The Morgan fingerprint density at radius 1 is 1.40 bits per heavy atom. The maximum atomic E-state index is 6.01. The lowest BCUT2D eigenvalue weighted by molar-refractivity contribution is -0.0512. The van der Waals surface area contributed by atoms with Gasteiger partial charge in [-0.15, -0.1) is 0 Å². The van der Waals surface area contributed by atoms with E-state index in [1.165, 1.54) is 38.8 Å². The van der Waals surface area contributed by atoms with Crippen molar-refractivity contribution in [2.24, 2.45) is 17.1 Å². The minimum atomic E-state index is 0.305. The number of hydrogen-bond acceptors (Lipinski definition) is 3. The summed E-state index contributed by atoms with van der Waals surface area (Å²) in [6.45, 7) is 5.10. The van der Waals surface area contributed by atoms with Crippen LogP contribution in [-0.2, 0) is 4.74 Å². The SMILES string of the molecule is CN1CCC(C2(CN)CCCOC2)CC1. The van der Waals surface area contributed by atoms with Crippen LogP contribution in [0.1, 0.15) is 25.7 Å². The van der Waals surface area contributed by atoms with Crippen molar-refractivity contribution in [2.45, 2.75) is 25.7 Å². The molecule has 2 rings (SSSR count). The molecule has 1 atom stereocenters. The smallest absolute Gasteiger partial charge is 0.0537 e. The Bertz CT molecular complexity index is 194. The molecule has 3 nitrogen and oxygen atoms in total. The first kappa shape index (κ1) is 11.4. The lowest BCUT2D eigenvalue weighted by Gasteiger charge is -2.45. The monoisotopic (exact) mass is 212 g/mol. The second-order valence-electron chi connectivity index (χ2n) is 5.30. The highest BCUT2D eigenvalue weighted by atomic mass is 16.5. The molecule has 0 aromatic carbocycles. The summed E-state index contributed by atoms with van der Waals surface area (Å²) in [6, 6.07) is 0. The van der Waals surface area contributed by atoms with E-state index in [0.29, 0.717) is 5.41 Å². The Morgan fingerprint density at radius 2 is 2.13 bits per heavy atom. The highest BCUT2D eigenvalue weighted by Crippen LogP contribution is 2.40. The van der Waals surface area contributed by atoms with Crippen LogP contribution in [0.15, 0.2) is 0 Å². The van der Waals surface area contributed by atoms with E-state index in [0.717, 1.165) is 25.7 Å². The second-order valence-corrected chi connectivity index (χ2v) is 5.30. The summed E-state index contributed by atoms with van der Waals surface area (Å²) >= 11 is 0. The summed E-state index contributed by atoms with van der Waals surface area (Å²) in [7, 11) is 2.21. The Morgan fingerprint density at radius 3 is 2.67 bits per heavy atom. The number of ether oxygens (including phenoxy) is 1. The van der Waals surface area contributed by atoms with Gasteiger partial charge in [-0.3, -0.25) is 0 Å². The van der Waals surface area contributed by atoms with Crippen molar-refractivity contribution in [3.05, 3.63) is 0 Å². The molecule has 0 amide bonds. The van der Waals surface area contributed by atoms with E-state index in [1.54, 1.807) is 0 Å². The maximum Gasteiger partial charge on any atom is 0.0537 e. The zero-order valence-electron chi connectivity index (χ0n) is 9.87. The average molecular weight is 212 g/mol. The van der Waals surface area contributed by atoms with Crippen LogP contribution in [0.4, 0.5) is 0 Å². The van der Waals surface area contributed by atoms with Gasteiger partial charge in [-0.2, -0.15) is 0 Å². The number of hydrogen-bond donors (Lipinski definition) is 1. The second kappa shape index (κ2) is 4.81. The van der Waals surface area contributed by atoms with Gasteiger partial charge in [0, 0.05) is 18.6 Å². The van der Waals surface area contributed by atoms with Crippen LogP contribution in [-0.4, -0.2) is 44.8 Å². The van der Waals surface area contributed by atoms with Crippen molar-refractivity contribution in [3.8, 4) is 0 Å². The van der Waals surface area contributed by atoms with Crippen molar-refractivity contribution < 1.29 is 4.74 Å². The molecule has 2 aliphatic rings. The van der Waals surface area contributed by atoms with Gasteiger partial charge in [-0.05, 0) is 51.7 Å². The molecular weight excluding hydrogens is 188 g/mol. The van der Waals surface area contributed by atoms with E-state index in [2.05, 4.69) is 11.9 Å². The van der Waals surface area contributed by atoms with Crippen molar-refractivity contribution in [1.29, 1.82) is 0 Å². The fraction of sp³-hybridized carbons (Fsp3) is 1.00. The standard InChI is InChI=1S/C12H24N2O/c1-14-6-3-11(4-7-14)12(9-13)5-2-8-15-10-12/h11H,2-10,13H2,1H3. The zero-order chi connectivity index (χ0) is 10.7. The molecule has 2 N–H and O–H groups in total. The summed E-state index contributed by atoms with van der Waals surface area (Å²) in [5, 5.41) is 0. The van der Waals surface area contributed by atoms with Crippen LogP contribution < -0.4 is 5.73 Å². The number of nitrogens with zero attached hydrogens (tertiary/aromatic N) is 1. The van der Waals surface area contributed by atoms with Crippen molar-refractivity contribution in [1.82, 2.24) is 4.90 Å². The molecule has 0 aliphatic carbocycles. The largest absolute Gasteiger partial charge is 0.381 e. The fourth-order valence-corrected chi connectivity index (χ4v) is 3.14. The Hall–Kier alpha value is -0.120. The molecule has 2 fully saturated rings. The highest BCUT2D eigenvalue weighted by Gasteiger charge is 2.40. The quantitative estimate of drug-likeness (QED) is 0.744. The average Bonchev–Trinajstić information content (AvgIpc) is 2.31. The lowest BCUT2D eigenvalue weighted by Crippen LogP contribution is -2.48. The summed E-state index contributed by atoms with van der Waals surface area (Å²) in [4.78, 5) is 2.42. The van der Waals surface area contributed by atoms with E-state index in [-0.39, 0.29) is 0 Å². The fourth-order valence-electron chi connectivity index (χ4n) is 3.14. The minimum absolute atomic E-state index is 0.305. The number of rotatable bonds is 2. The van der Waals surface area contributed by atoms with Gasteiger partial charge in [0.2, 0.25) is 0 Å². The van der Waals surface area contributed by atoms with Gasteiger partial charge in [-0.25, -0.2) is 0 Å². The van der Waals surface area contributed by atoms with E-state index < -0.39 is 0 Å². The van der Waals surface area contributed by atoms with E-state index in [1.807, 2.05) is 0 Å². The first-order valence-electron chi connectivity index (χ1n) is 6.23. The van der Waals surface area contributed by atoms with Gasteiger partial charge >= 0.3 is 0 Å². The van der Waals surface area contributed by atoms with Gasteiger partial charge < -0.3 is 15.4 Å². The van der Waals surface area contributed by atoms with Crippen LogP contribution in [0.3, 0.4) is 0 Å². The highest BCUT2D eigenvalue weighted by molar-refractivity contribution is 4.91. The van der Waals surface area contributed by atoms with Crippen LogP contribution in [0.25, 0.3) is 0 Å². The predicted octanol–water partition coefficient (Wildman–Crippen LogP) is 1.08. The topological polar surface area (TPSA) is 38.5 Å². The molecular formula is C12H24N2O. The minimum Gasteiger partial charge on any atom is -0.381 e. The molecule has 0 spiro atoms. The summed E-state index contributed by atoms with van der Waals surface area (Å²) in [5.74, 6) is 0.791. The van der Waals surface area contributed by atoms with E-state index in [9.17, 15) is 0 Å². The molecule has 0 bridgehead atoms. The first-order chi connectivity index (χ1) is 7.27. The van der Waals surface area contributed by atoms with Crippen LogP contribution in [0, 0.1) is 11.3 Å². The van der Waals surface area contributed by atoms with E-state index >= 15 is 0 Å². The summed E-state index contributed by atoms with van der Waals surface area (Å²) in [5.41, 5.74) is 6.32. The third-order valence-corrected chi connectivity index (χ3v) is 4.34. The molecule has 2 aliphatic heterocycles. The van der Waals surface area contributed by atoms with Crippen molar-refractivity contribution in [3.63, 3.8) is 0 Å². The molecule has 0 aromatic heterocycles. The Labute approximate surface area is 93.0 Å². The normalized spacial score (nSPS) is 35.6. The van der Waals surface area contributed by atoms with Gasteiger partial charge in [0.25, 0.3) is 0 Å². The molecule has 2 heterocycles. The zero-order valence-corrected chi connectivity index (χ0v) is 9.87. The van der Waals surface area contributed by atoms with Gasteiger partial charge in [-0.1, -0.05) is 0 Å². The molecule has 0 aromatic rings. The van der Waals surface area contributed by atoms with Crippen LogP contribution in [0.2, 0.25) is 0 Å². The molecule has 15 heavy (non-hydrogen) atoms. The molecule has 1 unspecified atom stereocenters. The maximum absolute atomic E-state index is 6.01. The Balaban J connectivity index is 1.98. The molecule has 0 saturated carbocycles. The van der Waals surface area contributed by atoms with E-state index in [4.69, 9.17) is 10.5 Å². The number of likely N-dealkylation sites (tertiary alicyclic amines) is 1. The summed E-state index contributed by atoms with van der Waals surface area (Å²) in [6.07, 6.45) is 5.08. The Kier molecular flexibility index (Phi) is 3.65. The van der Waals surface area contributed by atoms with Gasteiger partial charge in [0.1, 0.15) is 0 Å². The van der Waals surface area contributed by atoms with Crippen molar-refractivity contribution >= 4 is 0 Å². The first-order valence-corrected chi connectivity index (χ1v) is 6.23. The van der Waals surface area contributed by atoms with Crippen LogP contribution in [0.5, 0.6) is 0 Å². The van der Waals surface area contributed by atoms with Gasteiger partial charge in [0.15, 0.2) is 0 Å². The molecule has 3 heteroatoms. The molecule has 0 radical (unpaired) electrons. The predicted molar refractivity (Wildman–Crippen MR) is 61.8 cm³/mol. The number of piperidine rings is 1. The molecule has 88 valence electrons. The molecule has 2 saturated heterocycles. The lowest BCUT2D eigenvalue weighted by atomic mass is 9.68. The number of nitrogens with two attached hydrogens (primary N) is 1. The van der Waals surface area contributed by atoms with Crippen molar-refractivity contribution in [2.75, 3.05) is 39.9 Å². The summed E-state index contributed by atoms with van der Waals surface area (Å²) < 4.78 is 5.66. The van der Waals surface area contributed by atoms with Gasteiger partial charge in [0.05, 0.1) is 6.61 Å². The third-order valence-electron chi connectivity index (χ3n) is 4.34.